The van der Waals surface area contributed by atoms with Gasteiger partial charge in [-0.2, -0.15) is 10.2 Å². The number of aromatic nitrogens is 1. The Morgan fingerprint density at radius 1 is 1.38 bits per heavy atom. The molecule has 0 spiro atoms. The Bertz CT molecular complexity index is 586. The molecule has 2 aromatic rings. The normalized spacial score (nSPS) is 10.1. The topological polar surface area (TPSA) is 75.8 Å². The molecule has 2 N–H and O–H groups in total. The lowest BCUT2D eigenvalue weighted by Crippen LogP contribution is -1.89. The van der Waals surface area contributed by atoms with E-state index in [2.05, 4.69) is 4.98 Å². The highest BCUT2D eigenvalue weighted by Gasteiger charge is 2.17. The summed E-state index contributed by atoms with van der Waals surface area (Å²) in [6, 6.07) is 5.23. The van der Waals surface area contributed by atoms with E-state index in [9.17, 15) is 8.78 Å². The third-order valence-corrected chi connectivity index (χ3v) is 1.94. The number of benzene rings is 1. The second-order valence-electron chi connectivity index (χ2n) is 2.95. The molecular weight excluding hydrogens is 216 g/mol. The maximum atomic E-state index is 13.3. The largest absolute Gasteiger partial charge is 0.419 e. The van der Waals surface area contributed by atoms with Crippen LogP contribution in [0.2, 0.25) is 0 Å². The van der Waals surface area contributed by atoms with Crippen molar-refractivity contribution in [3.63, 3.8) is 0 Å². The molecule has 16 heavy (non-hydrogen) atoms. The van der Waals surface area contributed by atoms with Crippen molar-refractivity contribution in [2.24, 2.45) is 0 Å². The van der Waals surface area contributed by atoms with Crippen molar-refractivity contribution in [2.45, 2.75) is 0 Å². The van der Waals surface area contributed by atoms with Gasteiger partial charge in [-0.05, 0) is 12.1 Å². The minimum atomic E-state index is -1.09. The van der Waals surface area contributed by atoms with Crippen LogP contribution in [0.4, 0.5) is 14.7 Å². The molecule has 0 aliphatic heterocycles. The van der Waals surface area contributed by atoms with Gasteiger partial charge in [0.05, 0.1) is 5.56 Å². The number of nitrogen functional groups attached to an aromatic ring is 1. The Morgan fingerprint density at radius 3 is 2.75 bits per heavy atom. The lowest BCUT2D eigenvalue weighted by atomic mass is 10.2. The van der Waals surface area contributed by atoms with Gasteiger partial charge in [0, 0.05) is 0 Å². The van der Waals surface area contributed by atoms with Crippen molar-refractivity contribution in [3.05, 3.63) is 35.5 Å². The summed E-state index contributed by atoms with van der Waals surface area (Å²) in [5, 5.41) is 8.58. The van der Waals surface area contributed by atoms with Crippen molar-refractivity contribution in [2.75, 3.05) is 5.73 Å². The van der Waals surface area contributed by atoms with E-state index in [0.717, 1.165) is 6.07 Å². The highest BCUT2D eigenvalue weighted by atomic mass is 19.2. The zero-order chi connectivity index (χ0) is 11.7. The second kappa shape index (κ2) is 3.62. The zero-order valence-electron chi connectivity index (χ0n) is 7.87. The van der Waals surface area contributed by atoms with Gasteiger partial charge in [-0.25, -0.2) is 8.78 Å². The van der Waals surface area contributed by atoms with E-state index in [4.69, 9.17) is 15.4 Å². The van der Waals surface area contributed by atoms with Crippen molar-refractivity contribution >= 4 is 5.88 Å². The maximum absolute atomic E-state index is 13.3. The average Bonchev–Trinajstić information content (AvgIpc) is 2.63. The molecular formula is C10H5F2N3O. The summed E-state index contributed by atoms with van der Waals surface area (Å²) in [4.78, 5) is 3.64. The van der Waals surface area contributed by atoms with Gasteiger partial charge >= 0.3 is 0 Å². The fourth-order valence-corrected chi connectivity index (χ4v) is 1.20. The summed E-state index contributed by atoms with van der Waals surface area (Å²) in [6.07, 6.45) is 0. The highest BCUT2D eigenvalue weighted by Crippen LogP contribution is 2.26. The number of nitrogens with zero attached hydrogens (tertiary/aromatic N) is 2. The molecule has 1 heterocycles. The van der Waals surface area contributed by atoms with E-state index in [-0.39, 0.29) is 23.0 Å². The first-order chi connectivity index (χ1) is 7.63. The second-order valence-corrected chi connectivity index (χ2v) is 2.95. The first kappa shape index (κ1) is 10.1. The number of anilines is 1. The molecule has 0 saturated carbocycles. The van der Waals surface area contributed by atoms with E-state index in [1.54, 1.807) is 6.07 Å². The Hall–Kier alpha value is -2.42. The molecule has 1 aromatic carbocycles. The molecule has 0 saturated heterocycles. The molecule has 0 amide bonds. The van der Waals surface area contributed by atoms with Crippen molar-refractivity contribution in [3.8, 4) is 17.5 Å². The molecule has 1 aromatic heterocycles. The minimum absolute atomic E-state index is 0.154. The third kappa shape index (κ3) is 1.48. The van der Waals surface area contributed by atoms with Gasteiger partial charge in [-0.3, -0.25) is 0 Å². The number of nitriles is 1. The average molecular weight is 221 g/mol. The van der Waals surface area contributed by atoms with Crippen LogP contribution >= 0.6 is 0 Å². The molecule has 0 fully saturated rings. The van der Waals surface area contributed by atoms with Crippen LogP contribution in [0.25, 0.3) is 11.5 Å². The smallest absolute Gasteiger partial charge is 0.233 e. The molecule has 0 aliphatic carbocycles. The summed E-state index contributed by atoms with van der Waals surface area (Å²) < 4.78 is 31.1. The Morgan fingerprint density at radius 2 is 2.12 bits per heavy atom. The summed E-state index contributed by atoms with van der Waals surface area (Å²) in [5.74, 6) is -2.55. The monoisotopic (exact) mass is 221 g/mol. The van der Waals surface area contributed by atoms with Crippen molar-refractivity contribution in [1.29, 1.82) is 5.26 Å². The van der Waals surface area contributed by atoms with Crippen LogP contribution in [0.15, 0.2) is 22.6 Å². The van der Waals surface area contributed by atoms with Crippen LogP contribution < -0.4 is 5.73 Å². The molecule has 0 unspecified atom stereocenters. The zero-order valence-corrected chi connectivity index (χ0v) is 7.87. The quantitative estimate of drug-likeness (QED) is 0.799. The number of rotatable bonds is 1. The van der Waals surface area contributed by atoms with Crippen LogP contribution in [0.5, 0.6) is 0 Å². The van der Waals surface area contributed by atoms with Crippen LogP contribution in [-0.2, 0) is 0 Å². The number of oxazole rings is 1. The molecule has 0 radical (unpaired) electrons. The van der Waals surface area contributed by atoms with E-state index in [1.807, 2.05) is 0 Å². The molecule has 80 valence electrons. The fourth-order valence-electron chi connectivity index (χ4n) is 1.20. The number of halogens is 2. The van der Waals surface area contributed by atoms with Gasteiger partial charge in [0.25, 0.3) is 0 Å². The van der Waals surface area contributed by atoms with E-state index in [1.165, 1.54) is 12.1 Å². The Labute approximate surface area is 88.9 Å². The summed E-state index contributed by atoms with van der Waals surface area (Å²) in [5.41, 5.74) is 4.98. The van der Waals surface area contributed by atoms with Gasteiger partial charge in [-0.15, -0.1) is 0 Å². The minimum Gasteiger partial charge on any atom is -0.419 e. The molecule has 4 nitrogen and oxygen atoms in total. The molecule has 0 atom stereocenters. The van der Waals surface area contributed by atoms with Gasteiger partial charge in [0.15, 0.2) is 11.6 Å². The van der Waals surface area contributed by atoms with E-state index in [0.29, 0.717) is 0 Å². The fraction of sp³-hybridized carbons (Fsp3) is 0. The summed E-state index contributed by atoms with van der Waals surface area (Å²) in [6.45, 7) is 0. The SMILES string of the molecule is N#Cc1nc(-c2cccc(F)c2F)oc1N. The number of nitrogens with two attached hydrogens (primary N) is 1. The van der Waals surface area contributed by atoms with Crippen LogP contribution in [0, 0.1) is 23.0 Å². The first-order valence-corrected chi connectivity index (χ1v) is 4.24. The van der Waals surface area contributed by atoms with Crippen LogP contribution in [-0.4, -0.2) is 4.98 Å². The van der Waals surface area contributed by atoms with Crippen molar-refractivity contribution < 1.29 is 13.2 Å². The van der Waals surface area contributed by atoms with Crippen LogP contribution in [0.1, 0.15) is 5.69 Å². The Kier molecular flexibility index (Phi) is 2.29. The number of hydrogen-bond acceptors (Lipinski definition) is 4. The first-order valence-electron chi connectivity index (χ1n) is 4.24. The van der Waals surface area contributed by atoms with Gasteiger partial charge in [0.2, 0.25) is 17.5 Å². The predicted octanol–water partition coefficient (Wildman–Crippen LogP) is 2.07. The molecule has 6 heteroatoms. The Balaban J connectivity index is 2.60. The standard InChI is InChI=1S/C10H5F2N3O/c11-6-3-1-2-5(8(6)12)10-15-7(4-13)9(14)16-10/h1-3H,14H2. The van der Waals surface area contributed by atoms with Gasteiger partial charge in [-0.1, -0.05) is 6.07 Å². The van der Waals surface area contributed by atoms with Gasteiger partial charge < -0.3 is 10.2 Å². The summed E-state index contributed by atoms with van der Waals surface area (Å²) in [7, 11) is 0. The number of hydrogen-bond donors (Lipinski definition) is 1. The predicted molar refractivity (Wildman–Crippen MR) is 51.0 cm³/mol. The van der Waals surface area contributed by atoms with Crippen LogP contribution in [0.3, 0.4) is 0 Å². The van der Waals surface area contributed by atoms with Gasteiger partial charge in [0.1, 0.15) is 6.07 Å². The third-order valence-electron chi connectivity index (χ3n) is 1.94. The lowest BCUT2D eigenvalue weighted by molar-refractivity contribution is 0.504. The molecule has 0 bridgehead atoms. The summed E-state index contributed by atoms with van der Waals surface area (Å²) >= 11 is 0. The molecule has 0 aliphatic rings. The molecule has 2 rings (SSSR count). The van der Waals surface area contributed by atoms with E-state index >= 15 is 0 Å². The maximum Gasteiger partial charge on any atom is 0.233 e. The highest BCUT2D eigenvalue weighted by molar-refractivity contribution is 5.58. The van der Waals surface area contributed by atoms with E-state index < -0.39 is 11.6 Å². The lowest BCUT2D eigenvalue weighted by Gasteiger charge is -1.97. The van der Waals surface area contributed by atoms with Crippen molar-refractivity contribution in [1.82, 2.24) is 4.98 Å².